The number of amides is 1. The van der Waals surface area contributed by atoms with Crippen molar-refractivity contribution in [3.8, 4) is 0 Å². The summed E-state index contributed by atoms with van der Waals surface area (Å²) in [6.45, 7) is 9.00. The standard InChI is InChI=1S/C33H45N3O2/c1-4-7-8-9-10-11-12-13-14-17-24-34-33(38)30-25-31(28-18-15-16-19-29(28)32(30)37)35-26-20-22-27(23-21-26)36(5-2)6-3/h15-16,18-23,25H,4-14,17,24H2,1-3H3,(H,34,38). The van der Waals surface area contributed by atoms with Gasteiger partial charge in [0.1, 0.15) is 0 Å². The molecule has 1 aliphatic rings. The second-order valence-corrected chi connectivity index (χ2v) is 10.1. The number of anilines is 1. The smallest absolute Gasteiger partial charge is 0.255 e. The van der Waals surface area contributed by atoms with Crippen LogP contribution in [0.1, 0.15) is 101 Å². The fourth-order valence-corrected chi connectivity index (χ4v) is 4.97. The highest BCUT2D eigenvalue weighted by atomic mass is 16.2. The van der Waals surface area contributed by atoms with Crippen LogP contribution in [0.4, 0.5) is 11.4 Å². The number of allylic oxidation sites excluding steroid dienone is 1. The Balaban J connectivity index is 1.59. The third kappa shape index (κ3) is 8.41. The molecule has 0 spiro atoms. The number of nitrogens with zero attached hydrogens (tertiary/aromatic N) is 2. The van der Waals surface area contributed by atoms with Crippen molar-refractivity contribution in [1.82, 2.24) is 5.32 Å². The fraction of sp³-hybridized carbons (Fsp3) is 0.485. The number of rotatable bonds is 16. The van der Waals surface area contributed by atoms with E-state index in [4.69, 9.17) is 4.99 Å². The normalized spacial score (nSPS) is 13.8. The number of benzene rings is 2. The van der Waals surface area contributed by atoms with E-state index in [1.165, 1.54) is 51.4 Å². The number of fused-ring (bicyclic) bond motifs is 1. The van der Waals surface area contributed by atoms with E-state index in [0.29, 0.717) is 17.8 Å². The molecule has 2 aromatic carbocycles. The van der Waals surface area contributed by atoms with Crippen molar-refractivity contribution < 1.29 is 9.59 Å². The Kier molecular flexibility index (Phi) is 12.3. The molecule has 0 atom stereocenters. The molecule has 0 bridgehead atoms. The van der Waals surface area contributed by atoms with Crippen molar-refractivity contribution >= 4 is 28.8 Å². The molecule has 0 saturated heterocycles. The van der Waals surface area contributed by atoms with Crippen LogP contribution in [0.3, 0.4) is 0 Å². The number of ketones is 1. The molecule has 1 aliphatic carbocycles. The number of unbranched alkanes of at least 4 members (excludes halogenated alkanes) is 9. The quantitative estimate of drug-likeness (QED) is 0.183. The largest absolute Gasteiger partial charge is 0.372 e. The van der Waals surface area contributed by atoms with Crippen molar-refractivity contribution in [2.45, 2.75) is 85.0 Å². The lowest BCUT2D eigenvalue weighted by atomic mass is 9.88. The third-order valence-electron chi connectivity index (χ3n) is 7.26. The maximum absolute atomic E-state index is 13.2. The van der Waals surface area contributed by atoms with Crippen LogP contribution >= 0.6 is 0 Å². The molecule has 0 saturated carbocycles. The molecule has 0 radical (unpaired) electrons. The van der Waals surface area contributed by atoms with Crippen LogP contribution in [0, 0.1) is 0 Å². The summed E-state index contributed by atoms with van der Waals surface area (Å²) in [4.78, 5) is 33.3. The summed E-state index contributed by atoms with van der Waals surface area (Å²) < 4.78 is 0. The van der Waals surface area contributed by atoms with Gasteiger partial charge in [-0.1, -0.05) is 89.0 Å². The molecule has 204 valence electrons. The lowest BCUT2D eigenvalue weighted by Crippen LogP contribution is -2.32. The van der Waals surface area contributed by atoms with Crippen LogP contribution in [0.25, 0.3) is 0 Å². The Morgan fingerprint density at radius 3 is 1.95 bits per heavy atom. The van der Waals surface area contributed by atoms with E-state index in [0.717, 1.165) is 42.9 Å². The minimum absolute atomic E-state index is 0.161. The number of Topliss-reactive ketones (excluding diaryl/α,β-unsaturated/α-hetero) is 1. The first-order chi connectivity index (χ1) is 18.6. The van der Waals surface area contributed by atoms with Crippen LogP contribution in [-0.4, -0.2) is 37.0 Å². The average molecular weight is 516 g/mol. The average Bonchev–Trinajstić information content (AvgIpc) is 2.94. The van der Waals surface area contributed by atoms with Crippen molar-refractivity contribution in [2.24, 2.45) is 4.99 Å². The monoisotopic (exact) mass is 515 g/mol. The van der Waals surface area contributed by atoms with Crippen LogP contribution in [0.5, 0.6) is 0 Å². The Bertz CT molecular complexity index is 1100. The Morgan fingerprint density at radius 2 is 1.34 bits per heavy atom. The van der Waals surface area contributed by atoms with Crippen molar-refractivity contribution in [3.05, 3.63) is 71.3 Å². The Morgan fingerprint density at radius 1 is 0.763 bits per heavy atom. The lowest BCUT2D eigenvalue weighted by Gasteiger charge is -2.21. The summed E-state index contributed by atoms with van der Waals surface area (Å²) in [5.74, 6) is -0.554. The van der Waals surface area contributed by atoms with Crippen molar-refractivity contribution in [1.29, 1.82) is 0 Å². The van der Waals surface area contributed by atoms with Gasteiger partial charge in [0, 0.05) is 36.4 Å². The zero-order valence-corrected chi connectivity index (χ0v) is 23.6. The first-order valence-corrected chi connectivity index (χ1v) is 14.7. The van der Waals surface area contributed by atoms with E-state index in [-0.39, 0.29) is 17.3 Å². The van der Waals surface area contributed by atoms with Gasteiger partial charge in [-0.3, -0.25) is 9.59 Å². The van der Waals surface area contributed by atoms with Crippen molar-refractivity contribution in [2.75, 3.05) is 24.5 Å². The van der Waals surface area contributed by atoms with Gasteiger partial charge >= 0.3 is 0 Å². The molecule has 0 unspecified atom stereocenters. The molecule has 0 aliphatic heterocycles. The summed E-state index contributed by atoms with van der Waals surface area (Å²) in [6.07, 6.45) is 14.1. The van der Waals surface area contributed by atoms with E-state index in [9.17, 15) is 9.59 Å². The number of hydrogen-bond acceptors (Lipinski definition) is 4. The topological polar surface area (TPSA) is 61.8 Å². The van der Waals surface area contributed by atoms with E-state index >= 15 is 0 Å². The lowest BCUT2D eigenvalue weighted by molar-refractivity contribution is -0.117. The van der Waals surface area contributed by atoms with Crippen LogP contribution < -0.4 is 10.2 Å². The van der Waals surface area contributed by atoms with E-state index < -0.39 is 0 Å². The molecule has 0 heterocycles. The predicted molar refractivity (Wildman–Crippen MR) is 160 cm³/mol. The number of nitrogens with one attached hydrogen (secondary N) is 1. The highest BCUT2D eigenvalue weighted by Crippen LogP contribution is 2.26. The molecule has 2 aromatic rings. The summed E-state index contributed by atoms with van der Waals surface area (Å²) in [5.41, 5.74) is 4.03. The highest BCUT2D eigenvalue weighted by molar-refractivity contribution is 6.35. The zero-order valence-electron chi connectivity index (χ0n) is 23.6. The van der Waals surface area contributed by atoms with Crippen molar-refractivity contribution in [3.63, 3.8) is 0 Å². The maximum Gasteiger partial charge on any atom is 0.255 e. The Labute approximate surface area is 229 Å². The van der Waals surface area contributed by atoms with Gasteiger partial charge in [-0.25, -0.2) is 4.99 Å². The second kappa shape index (κ2) is 15.9. The van der Waals surface area contributed by atoms with Crippen LogP contribution in [0.15, 0.2) is 65.2 Å². The molecule has 5 heteroatoms. The fourth-order valence-electron chi connectivity index (χ4n) is 4.97. The molecule has 3 rings (SSSR count). The van der Waals surface area contributed by atoms with Gasteiger partial charge in [0.15, 0.2) is 5.78 Å². The summed E-state index contributed by atoms with van der Waals surface area (Å²) in [5, 5.41) is 2.97. The van der Waals surface area contributed by atoms with Crippen LogP contribution in [0.2, 0.25) is 0 Å². The van der Waals surface area contributed by atoms with Crippen LogP contribution in [-0.2, 0) is 4.79 Å². The summed E-state index contributed by atoms with van der Waals surface area (Å²) in [6, 6.07) is 15.5. The molecule has 0 aromatic heterocycles. The van der Waals surface area contributed by atoms with Gasteiger partial charge in [0.2, 0.25) is 0 Å². The second-order valence-electron chi connectivity index (χ2n) is 10.1. The Hall–Kier alpha value is -3.21. The highest BCUT2D eigenvalue weighted by Gasteiger charge is 2.28. The molecule has 1 amide bonds. The van der Waals surface area contributed by atoms with E-state index in [1.807, 2.05) is 30.3 Å². The van der Waals surface area contributed by atoms with Gasteiger partial charge in [-0.05, 0) is 50.6 Å². The van der Waals surface area contributed by atoms with E-state index in [2.05, 4.69) is 43.1 Å². The number of aliphatic imine (C=N–C) groups is 1. The zero-order chi connectivity index (χ0) is 27.2. The van der Waals surface area contributed by atoms with Gasteiger partial charge in [-0.15, -0.1) is 0 Å². The molecule has 5 nitrogen and oxygen atoms in total. The molecule has 38 heavy (non-hydrogen) atoms. The minimum Gasteiger partial charge on any atom is -0.372 e. The molecule has 1 N–H and O–H groups in total. The first-order valence-electron chi connectivity index (χ1n) is 14.7. The third-order valence-corrected chi connectivity index (χ3v) is 7.26. The predicted octanol–water partition coefficient (Wildman–Crippen LogP) is 7.81. The maximum atomic E-state index is 13.2. The van der Waals surface area contributed by atoms with Gasteiger partial charge in [0.25, 0.3) is 5.91 Å². The number of hydrogen-bond donors (Lipinski definition) is 1. The molecule has 0 fully saturated rings. The van der Waals surface area contributed by atoms with Gasteiger partial charge in [-0.2, -0.15) is 0 Å². The van der Waals surface area contributed by atoms with Gasteiger partial charge in [0.05, 0.1) is 17.0 Å². The molecular weight excluding hydrogens is 470 g/mol. The number of carbonyl (C=O) groups is 2. The number of carbonyl (C=O) groups excluding carboxylic acids is 2. The first kappa shape index (κ1) is 29.3. The SMILES string of the molecule is CCCCCCCCCCCCNC(=O)C1=CC(=Nc2ccc(N(CC)CC)cc2)c2ccccc2C1=O. The minimum atomic E-state index is -0.315. The van der Waals surface area contributed by atoms with E-state index in [1.54, 1.807) is 12.1 Å². The molecular formula is C33H45N3O2. The summed E-state index contributed by atoms with van der Waals surface area (Å²) in [7, 11) is 0. The summed E-state index contributed by atoms with van der Waals surface area (Å²) >= 11 is 0. The van der Waals surface area contributed by atoms with Gasteiger partial charge < -0.3 is 10.2 Å².